The van der Waals surface area contributed by atoms with E-state index in [1.807, 2.05) is 4.72 Å². The van der Waals surface area contributed by atoms with Gasteiger partial charge in [0.2, 0.25) is 10.0 Å². The fourth-order valence-electron chi connectivity index (χ4n) is 1.75. The summed E-state index contributed by atoms with van der Waals surface area (Å²) in [6.07, 6.45) is 0.566. The van der Waals surface area contributed by atoms with Gasteiger partial charge < -0.3 is 4.74 Å². The normalized spacial score (nSPS) is 18.0. The van der Waals surface area contributed by atoms with Gasteiger partial charge in [-0.15, -0.1) is 6.58 Å². The summed E-state index contributed by atoms with van der Waals surface area (Å²) in [6.45, 7) is 10.5. The molecule has 1 rings (SSSR count). The van der Waals surface area contributed by atoms with Crippen LogP contribution in [0.5, 0.6) is 0 Å². The van der Waals surface area contributed by atoms with Crippen molar-refractivity contribution < 1.29 is 17.9 Å². The van der Waals surface area contributed by atoms with E-state index in [4.69, 9.17) is 4.74 Å². The van der Waals surface area contributed by atoms with Gasteiger partial charge in [-0.2, -0.15) is 0 Å². The number of carbonyl (C=O) groups is 1. The van der Waals surface area contributed by atoms with Gasteiger partial charge in [0.05, 0.1) is 4.75 Å². The molecule has 1 amide bonds. The maximum atomic E-state index is 12.1. The Bertz CT molecular complexity index is 455. The summed E-state index contributed by atoms with van der Waals surface area (Å²) in [7, 11) is -3.70. The molecule has 18 heavy (non-hydrogen) atoms. The summed E-state index contributed by atoms with van der Waals surface area (Å²) in [5.41, 5.74) is 0.0760. The van der Waals surface area contributed by atoms with Crippen molar-refractivity contribution in [1.29, 1.82) is 0 Å². The molecule has 0 aliphatic heterocycles. The predicted molar refractivity (Wildman–Crippen MR) is 69.7 cm³/mol. The van der Waals surface area contributed by atoms with E-state index in [0.717, 1.165) is 5.57 Å². The second kappa shape index (κ2) is 4.57. The zero-order chi connectivity index (χ0) is 14.2. The molecule has 0 heterocycles. The summed E-state index contributed by atoms with van der Waals surface area (Å²) < 4.78 is 30.3. The van der Waals surface area contributed by atoms with Gasteiger partial charge in [0.25, 0.3) is 0 Å². The average molecular weight is 275 g/mol. The minimum atomic E-state index is -3.70. The lowest BCUT2D eigenvalue weighted by molar-refractivity contribution is 0.0569. The second-order valence-electron chi connectivity index (χ2n) is 5.92. The van der Waals surface area contributed by atoms with Crippen LogP contribution in [-0.2, 0) is 14.8 Å². The van der Waals surface area contributed by atoms with E-state index in [0.29, 0.717) is 19.3 Å². The highest BCUT2D eigenvalue weighted by Gasteiger charge is 2.55. The lowest BCUT2D eigenvalue weighted by Gasteiger charge is -2.22. The molecule has 0 radical (unpaired) electrons. The van der Waals surface area contributed by atoms with Crippen molar-refractivity contribution in [3.8, 4) is 0 Å². The number of sulfonamides is 1. The Morgan fingerprint density at radius 2 is 1.89 bits per heavy atom. The Morgan fingerprint density at radius 1 is 1.39 bits per heavy atom. The van der Waals surface area contributed by atoms with E-state index in [1.165, 1.54) is 0 Å². The smallest absolute Gasteiger partial charge is 0.421 e. The molecule has 0 saturated heterocycles. The summed E-state index contributed by atoms with van der Waals surface area (Å²) in [6, 6.07) is 0. The molecule has 1 N–H and O–H groups in total. The second-order valence-corrected chi connectivity index (χ2v) is 8.00. The van der Waals surface area contributed by atoms with Crippen LogP contribution < -0.4 is 4.72 Å². The molecule has 0 atom stereocenters. The molecule has 1 aliphatic rings. The fourth-order valence-corrected chi connectivity index (χ4v) is 3.30. The highest BCUT2D eigenvalue weighted by atomic mass is 32.2. The quantitative estimate of drug-likeness (QED) is 0.799. The van der Waals surface area contributed by atoms with Gasteiger partial charge in [0.15, 0.2) is 0 Å². The first-order valence-corrected chi connectivity index (χ1v) is 7.35. The van der Waals surface area contributed by atoms with Crippen LogP contribution >= 0.6 is 0 Å². The van der Waals surface area contributed by atoms with Crippen molar-refractivity contribution in [2.24, 2.45) is 0 Å². The predicted octanol–water partition coefficient (Wildman–Crippen LogP) is 2.34. The van der Waals surface area contributed by atoms with E-state index < -0.39 is 26.5 Å². The summed E-state index contributed by atoms with van der Waals surface area (Å²) >= 11 is 0. The van der Waals surface area contributed by atoms with Gasteiger partial charge in [-0.05, 0) is 47.0 Å². The lowest BCUT2D eigenvalue weighted by atomic mass is 10.2. The Hall–Kier alpha value is -1.04. The molecule has 0 unspecified atom stereocenters. The first-order valence-electron chi connectivity index (χ1n) is 5.87. The molecular weight excluding hydrogens is 254 g/mol. The first-order chi connectivity index (χ1) is 7.97. The molecule has 0 spiro atoms. The van der Waals surface area contributed by atoms with Gasteiger partial charge >= 0.3 is 6.09 Å². The number of hydrogen-bond donors (Lipinski definition) is 1. The number of rotatable bonds is 4. The minimum Gasteiger partial charge on any atom is -0.443 e. The van der Waals surface area contributed by atoms with E-state index in [2.05, 4.69) is 6.58 Å². The van der Waals surface area contributed by atoms with E-state index in [1.54, 1.807) is 27.7 Å². The number of carbonyl (C=O) groups excluding carboxylic acids is 1. The summed E-state index contributed by atoms with van der Waals surface area (Å²) in [5, 5.41) is 0. The van der Waals surface area contributed by atoms with E-state index >= 15 is 0 Å². The topological polar surface area (TPSA) is 72.5 Å². The molecule has 1 aliphatic carbocycles. The van der Waals surface area contributed by atoms with Crippen LogP contribution in [0.15, 0.2) is 12.2 Å². The van der Waals surface area contributed by atoms with Gasteiger partial charge in [-0.3, -0.25) is 0 Å². The number of amides is 1. The molecule has 0 aromatic heterocycles. The van der Waals surface area contributed by atoms with Crippen molar-refractivity contribution in [3.63, 3.8) is 0 Å². The van der Waals surface area contributed by atoms with Crippen molar-refractivity contribution in [3.05, 3.63) is 12.2 Å². The number of hydrogen-bond acceptors (Lipinski definition) is 4. The zero-order valence-electron chi connectivity index (χ0n) is 11.4. The molecule has 6 heteroatoms. The summed E-state index contributed by atoms with van der Waals surface area (Å²) in [4.78, 5) is 11.5. The lowest BCUT2D eigenvalue weighted by Crippen LogP contribution is -2.42. The molecule has 0 bridgehead atoms. The first kappa shape index (κ1) is 15.0. The average Bonchev–Trinajstić information content (AvgIpc) is 2.78. The number of allylic oxidation sites excluding steroid dienone is 1. The third-order valence-electron chi connectivity index (χ3n) is 2.62. The molecule has 0 aromatic carbocycles. The van der Waals surface area contributed by atoms with E-state index in [-0.39, 0.29) is 0 Å². The fraction of sp³-hybridized carbons (Fsp3) is 0.750. The standard InChI is InChI=1S/C12H21NO4S/c1-9(2)8-12(6-7-12)18(15,16)13-10(14)17-11(3,4)5/h1,6-8H2,2-5H3,(H,13,14). The molecule has 5 nitrogen and oxygen atoms in total. The van der Waals surface area contributed by atoms with Crippen LogP contribution in [0.1, 0.15) is 47.0 Å². The van der Waals surface area contributed by atoms with Crippen molar-refractivity contribution >= 4 is 16.1 Å². The maximum absolute atomic E-state index is 12.1. The SMILES string of the molecule is C=C(C)CC1(S(=O)(=O)NC(=O)OC(C)(C)C)CC1. The zero-order valence-corrected chi connectivity index (χ0v) is 12.2. The Morgan fingerprint density at radius 3 is 2.22 bits per heavy atom. The largest absolute Gasteiger partial charge is 0.443 e. The minimum absolute atomic E-state index is 0.380. The van der Waals surface area contributed by atoms with Crippen molar-refractivity contribution in [2.45, 2.75) is 57.3 Å². The maximum Gasteiger partial charge on any atom is 0.421 e. The summed E-state index contributed by atoms with van der Waals surface area (Å²) in [5.74, 6) is 0. The third-order valence-corrected chi connectivity index (χ3v) is 4.75. The van der Waals surface area contributed by atoms with E-state index in [9.17, 15) is 13.2 Å². The molecule has 1 saturated carbocycles. The third kappa shape index (κ3) is 3.73. The Labute approximate surface area is 109 Å². The molecular formula is C12H21NO4S. The molecule has 1 fully saturated rings. The van der Waals surface area contributed by atoms with Crippen molar-refractivity contribution in [2.75, 3.05) is 0 Å². The van der Waals surface area contributed by atoms with Gasteiger partial charge in [-0.25, -0.2) is 17.9 Å². The van der Waals surface area contributed by atoms with Gasteiger partial charge in [0, 0.05) is 0 Å². The highest BCUT2D eigenvalue weighted by molar-refractivity contribution is 7.91. The van der Waals surface area contributed by atoms with Crippen LogP contribution in [0.3, 0.4) is 0 Å². The van der Waals surface area contributed by atoms with Crippen LogP contribution in [0.2, 0.25) is 0 Å². The monoisotopic (exact) mass is 275 g/mol. The number of ether oxygens (including phenoxy) is 1. The van der Waals surface area contributed by atoms with Crippen LogP contribution in [0.4, 0.5) is 4.79 Å². The van der Waals surface area contributed by atoms with Gasteiger partial charge in [-0.1, -0.05) is 5.57 Å². The van der Waals surface area contributed by atoms with Crippen LogP contribution in [0, 0.1) is 0 Å². The van der Waals surface area contributed by atoms with Crippen LogP contribution in [0.25, 0.3) is 0 Å². The molecule has 0 aromatic rings. The van der Waals surface area contributed by atoms with Crippen LogP contribution in [-0.4, -0.2) is 24.9 Å². The molecule has 104 valence electrons. The van der Waals surface area contributed by atoms with Crippen molar-refractivity contribution in [1.82, 2.24) is 4.72 Å². The Kier molecular flexibility index (Phi) is 3.81. The highest BCUT2D eigenvalue weighted by Crippen LogP contribution is 2.47. The van der Waals surface area contributed by atoms with Gasteiger partial charge in [0.1, 0.15) is 5.60 Å². The number of nitrogens with one attached hydrogen (secondary N) is 1. The Balaban J connectivity index is 2.72.